The van der Waals surface area contributed by atoms with Crippen LogP contribution in [0.2, 0.25) is 0 Å². The average Bonchev–Trinajstić information content (AvgIpc) is 2.80. The molecule has 0 fully saturated rings. The zero-order valence-electron chi connectivity index (χ0n) is 11.0. The van der Waals surface area contributed by atoms with E-state index in [-0.39, 0.29) is 0 Å². The fraction of sp³-hybridized carbons (Fsp3) is 0.357. The van der Waals surface area contributed by atoms with Crippen LogP contribution < -0.4 is 0 Å². The summed E-state index contributed by atoms with van der Waals surface area (Å²) in [4.78, 5) is 0. The Bertz CT molecular complexity index is 554. The number of halogens is 1. The van der Waals surface area contributed by atoms with E-state index in [0.717, 1.165) is 21.3 Å². The molecule has 0 radical (unpaired) electrons. The van der Waals surface area contributed by atoms with Gasteiger partial charge in [0, 0.05) is 13.7 Å². The second-order valence-corrected chi connectivity index (χ2v) is 5.08. The molecule has 1 heterocycles. The SMILES string of the molecule is CCn1ncc(Br)c1C(O)c1ccccc1COC. The zero-order valence-corrected chi connectivity index (χ0v) is 12.6. The predicted molar refractivity (Wildman–Crippen MR) is 76.8 cm³/mol. The van der Waals surface area contributed by atoms with Crippen molar-refractivity contribution in [1.29, 1.82) is 0 Å². The fourth-order valence-corrected chi connectivity index (χ4v) is 2.64. The molecule has 0 aliphatic carbocycles. The number of ether oxygens (including phenoxy) is 1. The van der Waals surface area contributed by atoms with Crippen LogP contribution in [0.1, 0.15) is 29.8 Å². The minimum Gasteiger partial charge on any atom is -0.382 e. The minimum absolute atomic E-state index is 0.477. The Morgan fingerprint density at radius 2 is 2.16 bits per heavy atom. The van der Waals surface area contributed by atoms with Gasteiger partial charge in [0.05, 0.1) is 23.0 Å². The monoisotopic (exact) mass is 324 g/mol. The van der Waals surface area contributed by atoms with Crippen LogP contribution in [0, 0.1) is 0 Å². The molecule has 0 bridgehead atoms. The summed E-state index contributed by atoms with van der Waals surface area (Å²) in [5.41, 5.74) is 2.60. The molecule has 5 heteroatoms. The number of hydrogen-bond acceptors (Lipinski definition) is 3. The molecule has 19 heavy (non-hydrogen) atoms. The van der Waals surface area contributed by atoms with E-state index < -0.39 is 6.10 Å². The van der Waals surface area contributed by atoms with Crippen molar-refractivity contribution >= 4 is 15.9 Å². The van der Waals surface area contributed by atoms with Gasteiger partial charge in [-0.1, -0.05) is 24.3 Å². The first-order chi connectivity index (χ1) is 9.19. The molecule has 1 unspecified atom stereocenters. The average molecular weight is 325 g/mol. The molecule has 0 aliphatic rings. The number of nitrogens with zero attached hydrogens (tertiary/aromatic N) is 2. The first-order valence-corrected chi connectivity index (χ1v) is 6.94. The van der Waals surface area contributed by atoms with E-state index in [1.165, 1.54) is 0 Å². The highest BCUT2D eigenvalue weighted by atomic mass is 79.9. The maximum atomic E-state index is 10.6. The van der Waals surface area contributed by atoms with Crippen LogP contribution in [0.25, 0.3) is 0 Å². The van der Waals surface area contributed by atoms with Gasteiger partial charge in [0.1, 0.15) is 6.10 Å². The number of aliphatic hydroxyl groups excluding tert-OH is 1. The number of benzene rings is 1. The summed E-state index contributed by atoms with van der Waals surface area (Å²) in [7, 11) is 1.65. The molecule has 1 aromatic heterocycles. The summed E-state index contributed by atoms with van der Waals surface area (Å²) in [5, 5.41) is 14.9. The third-order valence-corrected chi connectivity index (χ3v) is 3.65. The lowest BCUT2D eigenvalue weighted by Crippen LogP contribution is -2.11. The smallest absolute Gasteiger partial charge is 0.122 e. The van der Waals surface area contributed by atoms with Crippen LogP contribution in [-0.2, 0) is 17.9 Å². The van der Waals surface area contributed by atoms with Gasteiger partial charge in [-0.2, -0.15) is 5.10 Å². The van der Waals surface area contributed by atoms with Gasteiger partial charge in [-0.15, -0.1) is 0 Å². The van der Waals surface area contributed by atoms with Crippen molar-refractivity contribution in [2.24, 2.45) is 0 Å². The Morgan fingerprint density at radius 1 is 1.42 bits per heavy atom. The van der Waals surface area contributed by atoms with Gasteiger partial charge in [-0.3, -0.25) is 4.68 Å². The molecular weight excluding hydrogens is 308 g/mol. The van der Waals surface area contributed by atoms with Crippen molar-refractivity contribution < 1.29 is 9.84 Å². The van der Waals surface area contributed by atoms with Gasteiger partial charge in [0.2, 0.25) is 0 Å². The zero-order chi connectivity index (χ0) is 13.8. The lowest BCUT2D eigenvalue weighted by molar-refractivity contribution is 0.173. The number of rotatable bonds is 5. The summed E-state index contributed by atoms with van der Waals surface area (Å²) < 4.78 is 7.78. The van der Waals surface area contributed by atoms with Gasteiger partial charge in [0.25, 0.3) is 0 Å². The van der Waals surface area contributed by atoms with Crippen LogP contribution in [0.3, 0.4) is 0 Å². The summed E-state index contributed by atoms with van der Waals surface area (Å²) in [6.45, 7) is 3.19. The summed E-state index contributed by atoms with van der Waals surface area (Å²) >= 11 is 3.44. The topological polar surface area (TPSA) is 47.3 Å². The van der Waals surface area contributed by atoms with E-state index in [1.54, 1.807) is 18.0 Å². The molecule has 0 spiro atoms. The molecular formula is C14H17BrN2O2. The number of aliphatic hydroxyl groups is 1. The fourth-order valence-electron chi connectivity index (χ4n) is 2.13. The number of methoxy groups -OCH3 is 1. The van der Waals surface area contributed by atoms with Gasteiger partial charge >= 0.3 is 0 Å². The molecule has 2 aromatic rings. The summed E-state index contributed by atoms with van der Waals surface area (Å²) in [5.74, 6) is 0. The molecule has 1 aromatic carbocycles. The highest BCUT2D eigenvalue weighted by molar-refractivity contribution is 9.10. The molecule has 0 amide bonds. The van der Waals surface area contributed by atoms with E-state index in [0.29, 0.717) is 13.2 Å². The highest BCUT2D eigenvalue weighted by Gasteiger charge is 2.21. The van der Waals surface area contributed by atoms with Crippen molar-refractivity contribution in [1.82, 2.24) is 9.78 Å². The Balaban J connectivity index is 2.43. The predicted octanol–water partition coefficient (Wildman–Crippen LogP) is 2.89. The van der Waals surface area contributed by atoms with E-state index >= 15 is 0 Å². The molecule has 0 saturated carbocycles. The standard InChI is InChI=1S/C14H17BrN2O2/c1-3-17-13(12(15)8-16-17)14(18)11-7-5-4-6-10(11)9-19-2/h4-8,14,18H,3,9H2,1-2H3. The van der Waals surface area contributed by atoms with Crippen LogP contribution in [0.15, 0.2) is 34.9 Å². The second kappa shape index (κ2) is 6.32. The lowest BCUT2D eigenvalue weighted by atomic mass is 10.0. The number of aryl methyl sites for hydroxylation is 1. The molecule has 102 valence electrons. The largest absolute Gasteiger partial charge is 0.382 e. The van der Waals surface area contributed by atoms with E-state index in [2.05, 4.69) is 21.0 Å². The first kappa shape index (κ1) is 14.2. The Labute approximate surface area is 121 Å². The van der Waals surface area contributed by atoms with Gasteiger partial charge in [-0.25, -0.2) is 0 Å². The van der Waals surface area contributed by atoms with Crippen LogP contribution in [0.4, 0.5) is 0 Å². The van der Waals surface area contributed by atoms with Gasteiger partial charge < -0.3 is 9.84 Å². The van der Waals surface area contributed by atoms with Crippen LogP contribution in [-0.4, -0.2) is 22.0 Å². The maximum Gasteiger partial charge on any atom is 0.122 e. The quantitative estimate of drug-likeness (QED) is 0.919. The molecule has 1 atom stereocenters. The summed E-state index contributed by atoms with van der Waals surface area (Å²) in [6.07, 6.45) is 0.990. The third kappa shape index (κ3) is 2.88. The Morgan fingerprint density at radius 3 is 2.84 bits per heavy atom. The van der Waals surface area contributed by atoms with Gasteiger partial charge in [-0.05, 0) is 34.0 Å². The molecule has 0 saturated heterocycles. The Hall–Kier alpha value is -1.17. The van der Waals surface area contributed by atoms with Crippen LogP contribution in [0.5, 0.6) is 0 Å². The molecule has 1 N–H and O–H groups in total. The molecule has 0 aliphatic heterocycles. The second-order valence-electron chi connectivity index (χ2n) is 4.23. The molecule has 4 nitrogen and oxygen atoms in total. The Kier molecular flexibility index (Phi) is 4.74. The lowest BCUT2D eigenvalue weighted by Gasteiger charge is -2.17. The summed E-state index contributed by atoms with van der Waals surface area (Å²) in [6, 6.07) is 7.73. The number of aromatic nitrogens is 2. The first-order valence-electron chi connectivity index (χ1n) is 6.15. The van der Waals surface area contributed by atoms with Crippen molar-refractivity contribution in [3.63, 3.8) is 0 Å². The van der Waals surface area contributed by atoms with Crippen molar-refractivity contribution in [3.8, 4) is 0 Å². The third-order valence-electron chi connectivity index (χ3n) is 3.04. The van der Waals surface area contributed by atoms with E-state index in [1.807, 2.05) is 31.2 Å². The van der Waals surface area contributed by atoms with Crippen LogP contribution >= 0.6 is 15.9 Å². The van der Waals surface area contributed by atoms with E-state index in [9.17, 15) is 5.11 Å². The maximum absolute atomic E-state index is 10.6. The van der Waals surface area contributed by atoms with Crippen molar-refractivity contribution in [2.75, 3.05) is 7.11 Å². The number of hydrogen-bond donors (Lipinski definition) is 1. The highest BCUT2D eigenvalue weighted by Crippen LogP contribution is 2.30. The van der Waals surface area contributed by atoms with Crippen molar-refractivity contribution in [2.45, 2.75) is 26.2 Å². The minimum atomic E-state index is -0.719. The van der Waals surface area contributed by atoms with E-state index in [4.69, 9.17) is 4.74 Å². The van der Waals surface area contributed by atoms with Gasteiger partial charge in [0.15, 0.2) is 0 Å². The van der Waals surface area contributed by atoms with Crippen molar-refractivity contribution in [3.05, 3.63) is 51.8 Å². The molecule has 2 rings (SSSR count). The normalized spacial score (nSPS) is 12.6.